The summed E-state index contributed by atoms with van der Waals surface area (Å²) in [6.07, 6.45) is 0.909. The topological polar surface area (TPSA) is 97.8 Å². The first-order valence-corrected chi connectivity index (χ1v) is 13.6. The molecule has 9 heteroatoms. The third-order valence-corrected chi connectivity index (χ3v) is 7.25. The number of benzene rings is 2. The van der Waals surface area contributed by atoms with Crippen molar-refractivity contribution in [3.05, 3.63) is 59.2 Å². The van der Waals surface area contributed by atoms with Crippen LogP contribution >= 0.6 is 0 Å². The SMILES string of the molecule is CC(C)CCOc1cccc(C2/C(=C(/O)c3ccc4c(c3)OCCO4)C(=O)C(=O)N2CCN2CCOCC2)c1. The number of aliphatic hydroxyl groups is 1. The molecule has 3 aliphatic heterocycles. The fourth-order valence-electron chi connectivity index (χ4n) is 5.06. The van der Waals surface area contributed by atoms with Gasteiger partial charge in [-0.25, -0.2) is 0 Å². The van der Waals surface area contributed by atoms with Gasteiger partial charge in [-0.05, 0) is 48.2 Å². The molecule has 0 spiro atoms. The molecule has 3 aliphatic rings. The van der Waals surface area contributed by atoms with Crippen LogP contribution in [0.25, 0.3) is 5.76 Å². The highest BCUT2D eigenvalue weighted by Gasteiger charge is 2.46. The number of fused-ring (bicyclic) bond motifs is 1. The van der Waals surface area contributed by atoms with E-state index in [1.54, 1.807) is 23.1 Å². The van der Waals surface area contributed by atoms with Crippen LogP contribution in [-0.2, 0) is 14.3 Å². The van der Waals surface area contributed by atoms with Gasteiger partial charge in [-0.15, -0.1) is 0 Å². The minimum Gasteiger partial charge on any atom is -0.507 e. The number of amides is 1. The van der Waals surface area contributed by atoms with Crippen molar-refractivity contribution in [2.75, 3.05) is 59.2 Å². The number of hydrogen-bond donors (Lipinski definition) is 1. The second kappa shape index (κ2) is 12.1. The van der Waals surface area contributed by atoms with Crippen LogP contribution in [0.2, 0.25) is 0 Å². The van der Waals surface area contributed by atoms with E-state index >= 15 is 0 Å². The monoisotopic (exact) mass is 536 g/mol. The second-order valence-corrected chi connectivity index (χ2v) is 10.4. The molecule has 2 saturated heterocycles. The van der Waals surface area contributed by atoms with Gasteiger partial charge in [0.1, 0.15) is 24.7 Å². The molecule has 0 saturated carbocycles. The molecule has 0 aliphatic carbocycles. The van der Waals surface area contributed by atoms with E-state index in [2.05, 4.69) is 18.7 Å². The Hall–Kier alpha value is -3.56. The number of morpholine rings is 1. The van der Waals surface area contributed by atoms with Crippen LogP contribution in [0.5, 0.6) is 17.2 Å². The molecule has 1 N–H and O–H groups in total. The van der Waals surface area contributed by atoms with Crippen LogP contribution in [0.15, 0.2) is 48.0 Å². The molecule has 9 nitrogen and oxygen atoms in total. The van der Waals surface area contributed by atoms with Gasteiger partial charge >= 0.3 is 0 Å². The quantitative estimate of drug-likeness (QED) is 0.295. The van der Waals surface area contributed by atoms with Crippen LogP contribution in [-0.4, -0.2) is 85.8 Å². The van der Waals surface area contributed by atoms with E-state index in [-0.39, 0.29) is 11.3 Å². The summed E-state index contributed by atoms with van der Waals surface area (Å²) in [6, 6.07) is 11.7. The molecule has 1 unspecified atom stereocenters. The molecule has 208 valence electrons. The second-order valence-electron chi connectivity index (χ2n) is 10.4. The van der Waals surface area contributed by atoms with Crippen LogP contribution in [0.1, 0.15) is 37.4 Å². The lowest BCUT2D eigenvalue weighted by Crippen LogP contribution is -2.42. The van der Waals surface area contributed by atoms with Crippen molar-refractivity contribution < 1.29 is 33.6 Å². The van der Waals surface area contributed by atoms with E-state index in [9.17, 15) is 14.7 Å². The Morgan fingerprint density at radius 1 is 1.00 bits per heavy atom. The van der Waals surface area contributed by atoms with Gasteiger partial charge in [0.25, 0.3) is 11.7 Å². The van der Waals surface area contributed by atoms with Crippen molar-refractivity contribution in [2.24, 2.45) is 5.92 Å². The summed E-state index contributed by atoms with van der Waals surface area (Å²) in [5.41, 5.74) is 1.15. The standard InChI is InChI=1S/C30H36N2O7/c1-20(2)8-13-37-23-5-3-4-21(18-23)27-26(28(33)22-6-7-24-25(19-22)39-17-16-38-24)29(34)30(35)32(27)10-9-31-11-14-36-15-12-31/h3-7,18-20,27,33H,8-17H2,1-2H3/b28-26-. The molecule has 0 aromatic heterocycles. The van der Waals surface area contributed by atoms with Gasteiger partial charge in [0.05, 0.1) is 31.4 Å². The van der Waals surface area contributed by atoms with Gasteiger partial charge in [0.2, 0.25) is 0 Å². The van der Waals surface area contributed by atoms with E-state index in [0.29, 0.717) is 80.4 Å². The molecular formula is C30H36N2O7. The first kappa shape index (κ1) is 27.0. The lowest BCUT2D eigenvalue weighted by atomic mass is 9.95. The average Bonchev–Trinajstić information content (AvgIpc) is 3.21. The summed E-state index contributed by atoms with van der Waals surface area (Å²) < 4.78 is 22.7. The number of Topliss-reactive ketones (excluding diaryl/α,β-unsaturated/α-hetero) is 1. The summed E-state index contributed by atoms with van der Waals surface area (Å²) >= 11 is 0. The van der Waals surface area contributed by atoms with Crippen molar-refractivity contribution in [3.63, 3.8) is 0 Å². The Balaban J connectivity index is 1.50. The molecule has 39 heavy (non-hydrogen) atoms. The predicted molar refractivity (Wildman–Crippen MR) is 145 cm³/mol. The number of carbonyl (C=O) groups is 2. The number of ketones is 1. The molecule has 0 bridgehead atoms. The minimum atomic E-state index is -0.757. The molecule has 3 heterocycles. The van der Waals surface area contributed by atoms with E-state index in [1.807, 2.05) is 24.3 Å². The van der Waals surface area contributed by atoms with Crippen LogP contribution in [0.4, 0.5) is 0 Å². The van der Waals surface area contributed by atoms with Crippen molar-refractivity contribution >= 4 is 17.4 Å². The number of aliphatic hydroxyl groups excluding tert-OH is 1. The Morgan fingerprint density at radius 2 is 1.77 bits per heavy atom. The lowest BCUT2D eigenvalue weighted by molar-refractivity contribution is -0.140. The maximum atomic E-state index is 13.5. The molecule has 0 radical (unpaired) electrons. The number of hydrogen-bond acceptors (Lipinski definition) is 8. The smallest absolute Gasteiger partial charge is 0.295 e. The fourth-order valence-corrected chi connectivity index (χ4v) is 5.06. The summed E-state index contributed by atoms with van der Waals surface area (Å²) in [5, 5.41) is 11.5. The van der Waals surface area contributed by atoms with Crippen LogP contribution in [0.3, 0.4) is 0 Å². The van der Waals surface area contributed by atoms with Gasteiger partial charge in [-0.2, -0.15) is 0 Å². The first-order chi connectivity index (χ1) is 18.9. The highest BCUT2D eigenvalue weighted by Crippen LogP contribution is 2.41. The fraction of sp³-hybridized carbons (Fsp3) is 0.467. The zero-order valence-corrected chi connectivity index (χ0v) is 22.6. The first-order valence-electron chi connectivity index (χ1n) is 13.6. The average molecular weight is 537 g/mol. The highest BCUT2D eigenvalue weighted by molar-refractivity contribution is 6.46. The summed E-state index contributed by atoms with van der Waals surface area (Å²) in [6.45, 7) is 9.44. The maximum Gasteiger partial charge on any atom is 0.295 e. The molecule has 5 rings (SSSR count). The Bertz CT molecular complexity index is 1240. The van der Waals surface area contributed by atoms with Gasteiger partial charge in [0.15, 0.2) is 11.5 Å². The zero-order valence-electron chi connectivity index (χ0n) is 22.6. The molecule has 1 atom stereocenters. The number of carbonyl (C=O) groups excluding carboxylic acids is 2. The van der Waals surface area contributed by atoms with Crippen molar-refractivity contribution in [1.29, 1.82) is 0 Å². The molecule has 2 fully saturated rings. The van der Waals surface area contributed by atoms with Gasteiger partial charge in [-0.1, -0.05) is 26.0 Å². The minimum absolute atomic E-state index is 0.0537. The number of likely N-dealkylation sites (tertiary alicyclic amines) is 1. The Kier molecular flexibility index (Phi) is 8.38. The largest absolute Gasteiger partial charge is 0.507 e. The van der Waals surface area contributed by atoms with E-state index in [1.165, 1.54) is 0 Å². The zero-order chi connectivity index (χ0) is 27.4. The maximum absolute atomic E-state index is 13.5. The number of nitrogens with zero attached hydrogens (tertiary/aromatic N) is 2. The third kappa shape index (κ3) is 6.04. The predicted octanol–water partition coefficient (Wildman–Crippen LogP) is 3.64. The van der Waals surface area contributed by atoms with Crippen molar-refractivity contribution in [2.45, 2.75) is 26.3 Å². The van der Waals surface area contributed by atoms with E-state index in [0.717, 1.165) is 19.5 Å². The summed E-state index contributed by atoms with van der Waals surface area (Å²) in [5.74, 6) is 0.655. The highest BCUT2D eigenvalue weighted by atomic mass is 16.6. The third-order valence-electron chi connectivity index (χ3n) is 7.25. The Morgan fingerprint density at radius 3 is 2.54 bits per heavy atom. The molecule has 2 aromatic rings. The van der Waals surface area contributed by atoms with Crippen LogP contribution in [0, 0.1) is 5.92 Å². The lowest BCUT2D eigenvalue weighted by Gasteiger charge is -2.31. The summed E-state index contributed by atoms with van der Waals surface area (Å²) in [4.78, 5) is 30.6. The van der Waals surface area contributed by atoms with E-state index < -0.39 is 17.7 Å². The van der Waals surface area contributed by atoms with Crippen molar-refractivity contribution in [1.82, 2.24) is 9.80 Å². The number of ether oxygens (including phenoxy) is 4. The van der Waals surface area contributed by atoms with Gasteiger partial charge in [0, 0.05) is 31.7 Å². The summed E-state index contributed by atoms with van der Waals surface area (Å²) in [7, 11) is 0. The molecule has 1 amide bonds. The van der Waals surface area contributed by atoms with Gasteiger partial charge < -0.3 is 29.0 Å². The normalized spacial score (nSPS) is 21.0. The van der Waals surface area contributed by atoms with Crippen molar-refractivity contribution in [3.8, 4) is 17.2 Å². The molecule has 2 aromatic carbocycles. The van der Waals surface area contributed by atoms with Gasteiger partial charge in [-0.3, -0.25) is 14.5 Å². The number of rotatable bonds is 9. The Labute approximate surface area is 228 Å². The van der Waals surface area contributed by atoms with Crippen LogP contribution < -0.4 is 14.2 Å². The van der Waals surface area contributed by atoms with E-state index in [4.69, 9.17) is 18.9 Å². The molecular weight excluding hydrogens is 500 g/mol.